The first-order valence-corrected chi connectivity index (χ1v) is 5.47. The van der Waals surface area contributed by atoms with Crippen molar-refractivity contribution in [2.24, 2.45) is 0 Å². The summed E-state index contributed by atoms with van der Waals surface area (Å²) in [6.45, 7) is 0. The largest absolute Gasteiger partial charge is 0.358 e. The number of carbonyl (C=O) groups excluding carboxylic acids is 1. The highest BCUT2D eigenvalue weighted by atomic mass is 35.5. The molecule has 3 heteroatoms. The third-order valence-electron chi connectivity index (χ3n) is 2.95. The number of fused-ring (bicyclic) bond motifs is 3. The fraction of sp³-hybridized carbons (Fsp3) is 0.250. The van der Waals surface area contributed by atoms with Crippen LogP contribution in [0.4, 0.5) is 0 Å². The SMILES string of the molecule is O=C1CCCc2[nH]c3cc(Cl)ccc3c21. The minimum atomic E-state index is 0.254. The Morgan fingerprint density at radius 2 is 2.13 bits per heavy atom. The van der Waals surface area contributed by atoms with Gasteiger partial charge in [-0.2, -0.15) is 0 Å². The smallest absolute Gasteiger partial charge is 0.165 e. The van der Waals surface area contributed by atoms with Gasteiger partial charge < -0.3 is 4.98 Å². The summed E-state index contributed by atoms with van der Waals surface area (Å²) in [5.74, 6) is 0.254. The quantitative estimate of drug-likeness (QED) is 0.724. The second kappa shape index (κ2) is 3.11. The van der Waals surface area contributed by atoms with E-state index in [-0.39, 0.29) is 5.78 Å². The summed E-state index contributed by atoms with van der Waals surface area (Å²) in [5.41, 5.74) is 2.93. The number of ketones is 1. The highest BCUT2D eigenvalue weighted by molar-refractivity contribution is 6.31. The summed E-state index contributed by atoms with van der Waals surface area (Å²) < 4.78 is 0. The Kier molecular flexibility index (Phi) is 1.86. The number of nitrogens with one attached hydrogen (secondary N) is 1. The predicted octanol–water partition coefficient (Wildman–Crippen LogP) is 3.34. The molecule has 0 fully saturated rings. The highest BCUT2D eigenvalue weighted by Crippen LogP contribution is 2.30. The van der Waals surface area contributed by atoms with Crippen molar-refractivity contribution < 1.29 is 4.79 Å². The molecular formula is C12H10ClNO. The van der Waals surface area contributed by atoms with Gasteiger partial charge in [-0.15, -0.1) is 0 Å². The molecule has 15 heavy (non-hydrogen) atoms. The summed E-state index contributed by atoms with van der Waals surface area (Å²) in [5, 5.41) is 1.72. The highest BCUT2D eigenvalue weighted by Gasteiger charge is 2.21. The molecule has 2 nitrogen and oxygen atoms in total. The van der Waals surface area contributed by atoms with Crippen molar-refractivity contribution in [1.29, 1.82) is 0 Å². The summed E-state index contributed by atoms with van der Waals surface area (Å²) in [4.78, 5) is 15.1. The van der Waals surface area contributed by atoms with Crippen molar-refractivity contribution in [1.82, 2.24) is 4.98 Å². The molecule has 0 spiro atoms. The lowest BCUT2D eigenvalue weighted by atomic mass is 9.94. The molecular weight excluding hydrogens is 210 g/mol. The van der Waals surface area contributed by atoms with Crippen molar-refractivity contribution in [3.63, 3.8) is 0 Å². The van der Waals surface area contributed by atoms with Crippen LogP contribution in [0.25, 0.3) is 10.9 Å². The zero-order valence-electron chi connectivity index (χ0n) is 8.14. The van der Waals surface area contributed by atoms with Gasteiger partial charge in [-0.25, -0.2) is 0 Å². The van der Waals surface area contributed by atoms with Gasteiger partial charge in [-0.05, 0) is 25.0 Å². The van der Waals surface area contributed by atoms with Gasteiger partial charge in [0.15, 0.2) is 5.78 Å². The molecule has 1 aromatic carbocycles. The van der Waals surface area contributed by atoms with Crippen LogP contribution in [0.2, 0.25) is 5.02 Å². The minimum Gasteiger partial charge on any atom is -0.358 e. The number of rotatable bonds is 0. The molecule has 0 bridgehead atoms. The number of hydrogen-bond donors (Lipinski definition) is 1. The molecule has 0 saturated carbocycles. The van der Waals surface area contributed by atoms with Gasteiger partial charge >= 0.3 is 0 Å². The van der Waals surface area contributed by atoms with Gasteiger partial charge in [0.25, 0.3) is 0 Å². The number of carbonyl (C=O) groups is 1. The van der Waals surface area contributed by atoms with Crippen LogP contribution in [0.1, 0.15) is 28.9 Å². The van der Waals surface area contributed by atoms with Crippen LogP contribution in [0.15, 0.2) is 18.2 Å². The van der Waals surface area contributed by atoms with Gasteiger partial charge in [0.2, 0.25) is 0 Å². The minimum absolute atomic E-state index is 0.254. The van der Waals surface area contributed by atoms with Gasteiger partial charge in [0.1, 0.15) is 0 Å². The Morgan fingerprint density at radius 3 is 3.00 bits per heavy atom. The molecule has 1 N–H and O–H groups in total. The van der Waals surface area contributed by atoms with Crippen LogP contribution >= 0.6 is 11.6 Å². The first-order valence-electron chi connectivity index (χ1n) is 5.09. The Bertz CT molecular complexity index is 556. The van der Waals surface area contributed by atoms with Crippen LogP contribution in [-0.2, 0) is 6.42 Å². The molecule has 0 aliphatic heterocycles. The molecule has 0 unspecified atom stereocenters. The number of halogens is 1. The van der Waals surface area contributed by atoms with Crippen molar-refractivity contribution in [2.75, 3.05) is 0 Å². The van der Waals surface area contributed by atoms with Gasteiger partial charge in [-0.3, -0.25) is 4.79 Å². The lowest BCUT2D eigenvalue weighted by molar-refractivity contribution is 0.0974. The molecule has 3 rings (SSSR count). The third kappa shape index (κ3) is 1.29. The van der Waals surface area contributed by atoms with Gasteiger partial charge in [0.05, 0.1) is 0 Å². The van der Waals surface area contributed by atoms with Crippen molar-refractivity contribution in [3.8, 4) is 0 Å². The number of Topliss-reactive ketones (excluding diaryl/α,β-unsaturated/α-hetero) is 1. The number of hydrogen-bond acceptors (Lipinski definition) is 1. The number of aromatic nitrogens is 1. The average Bonchev–Trinajstić information content (AvgIpc) is 2.56. The van der Waals surface area contributed by atoms with Crippen LogP contribution in [-0.4, -0.2) is 10.8 Å². The maximum Gasteiger partial charge on any atom is 0.165 e. The second-order valence-corrected chi connectivity index (χ2v) is 4.38. The normalized spacial score (nSPS) is 15.7. The third-order valence-corrected chi connectivity index (χ3v) is 3.18. The lowest BCUT2D eigenvalue weighted by Gasteiger charge is -2.09. The van der Waals surface area contributed by atoms with E-state index in [1.165, 1.54) is 0 Å². The molecule has 1 aliphatic rings. The molecule has 0 atom stereocenters. The predicted molar refractivity (Wildman–Crippen MR) is 60.6 cm³/mol. The number of aryl methyl sites for hydroxylation is 1. The lowest BCUT2D eigenvalue weighted by Crippen LogP contribution is -2.08. The summed E-state index contributed by atoms with van der Waals surface area (Å²) in [6, 6.07) is 5.64. The fourth-order valence-corrected chi connectivity index (χ4v) is 2.45. The van der Waals surface area contributed by atoms with E-state index < -0.39 is 0 Å². The fourth-order valence-electron chi connectivity index (χ4n) is 2.28. The molecule has 1 heterocycles. The van der Waals surface area contributed by atoms with Gasteiger partial charge in [0, 0.05) is 33.6 Å². The first kappa shape index (κ1) is 8.98. The van der Waals surface area contributed by atoms with Crippen LogP contribution in [0, 0.1) is 0 Å². The summed E-state index contributed by atoms with van der Waals surface area (Å²) >= 11 is 5.91. The van der Waals surface area contributed by atoms with Crippen LogP contribution < -0.4 is 0 Å². The zero-order chi connectivity index (χ0) is 10.4. The summed E-state index contributed by atoms with van der Waals surface area (Å²) in [7, 11) is 0. The monoisotopic (exact) mass is 219 g/mol. The molecule has 0 amide bonds. The number of benzene rings is 1. The van der Waals surface area contributed by atoms with Crippen LogP contribution in [0.5, 0.6) is 0 Å². The molecule has 1 aliphatic carbocycles. The van der Waals surface area contributed by atoms with Gasteiger partial charge in [-0.1, -0.05) is 17.7 Å². The van der Waals surface area contributed by atoms with E-state index in [2.05, 4.69) is 4.98 Å². The van der Waals surface area contributed by atoms with E-state index >= 15 is 0 Å². The Morgan fingerprint density at radius 1 is 1.27 bits per heavy atom. The van der Waals surface area contributed by atoms with Crippen molar-refractivity contribution in [2.45, 2.75) is 19.3 Å². The Hall–Kier alpha value is -1.28. The average molecular weight is 220 g/mol. The number of aromatic amines is 1. The maximum absolute atomic E-state index is 11.8. The van der Waals surface area contributed by atoms with E-state index in [4.69, 9.17) is 11.6 Å². The molecule has 2 aromatic rings. The van der Waals surface area contributed by atoms with Crippen molar-refractivity contribution >= 4 is 28.3 Å². The second-order valence-electron chi connectivity index (χ2n) is 3.95. The molecule has 1 aromatic heterocycles. The molecule has 0 radical (unpaired) electrons. The summed E-state index contributed by atoms with van der Waals surface area (Å²) in [6.07, 6.45) is 2.59. The van der Waals surface area contributed by atoms with E-state index in [0.29, 0.717) is 11.4 Å². The van der Waals surface area contributed by atoms with Crippen molar-refractivity contribution in [3.05, 3.63) is 34.5 Å². The van der Waals surface area contributed by atoms with E-state index in [0.717, 1.165) is 35.0 Å². The van der Waals surface area contributed by atoms with E-state index in [9.17, 15) is 4.79 Å². The topological polar surface area (TPSA) is 32.9 Å². The number of H-pyrrole nitrogens is 1. The molecule has 76 valence electrons. The van der Waals surface area contributed by atoms with Crippen LogP contribution in [0.3, 0.4) is 0 Å². The Labute approximate surface area is 92.2 Å². The maximum atomic E-state index is 11.8. The van der Waals surface area contributed by atoms with E-state index in [1.54, 1.807) is 0 Å². The first-order chi connectivity index (χ1) is 7.25. The molecule has 0 saturated heterocycles. The van der Waals surface area contributed by atoms with E-state index in [1.807, 2.05) is 18.2 Å². The Balaban J connectivity index is 2.36. The standard InChI is InChI=1S/C12H10ClNO/c13-7-4-5-8-10(6-7)14-9-2-1-3-11(15)12(8)9/h4-6,14H,1-3H2. The zero-order valence-corrected chi connectivity index (χ0v) is 8.90.